The molecule has 7 nitrogen and oxygen atoms in total. The van der Waals surface area contributed by atoms with Gasteiger partial charge in [-0.1, -0.05) is 12.1 Å². The van der Waals surface area contributed by atoms with Crippen LogP contribution in [-0.4, -0.2) is 22.8 Å². The van der Waals surface area contributed by atoms with E-state index in [9.17, 15) is 9.59 Å². The predicted octanol–water partition coefficient (Wildman–Crippen LogP) is 1.38. The number of hydrogen-bond acceptors (Lipinski definition) is 5. The molecule has 0 unspecified atom stereocenters. The van der Waals surface area contributed by atoms with Crippen molar-refractivity contribution in [2.75, 3.05) is 12.4 Å². The fourth-order valence-electron chi connectivity index (χ4n) is 2.08. The molecule has 1 amide bonds. The number of aryl methyl sites for hydroxylation is 1. The van der Waals surface area contributed by atoms with Crippen molar-refractivity contribution < 1.29 is 9.53 Å². The first kappa shape index (κ1) is 16.2. The van der Waals surface area contributed by atoms with E-state index in [-0.39, 0.29) is 12.1 Å². The highest BCUT2D eigenvalue weighted by Gasteiger charge is 2.14. The smallest absolute Gasteiger partial charge is 0.285 e. The van der Waals surface area contributed by atoms with Crippen LogP contribution in [0.5, 0.6) is 5.75 Å². The highest BCUT2D eigenvalue weighted by Crippen LogP contribution is 2.22. The molecule has 0 spiro atoms. The van der Waals surface area contributed by atoms with E-state index in [1.165, 1.54) is 7.11 Å². The van der Waals surface area contributed by atoms with Gasteiger partial charge in [-0.25, -0.2) is 4.68 Å². The maximum Gasteiger partial charge on any atom is 0.285 e. The molecule has 2 aromatic rings. The molecule has 0 atom stereocenters. The lowest BCUT2D eigenvalue weighted by Gasteiger charge is -2.11. The van der Waals surface area contributed by atoms with Crippen molar-refractivity contribution in [2.24, 2.45) is 0 Å². The lowest BCUT2D eigenvalue weighted by molar-refractivity contribution is -0.117. The van der Waals surface area contributed by atoms with Crippen molar-refractivity contribution in [1.29, 1.82) is 5.26 Å². The van der Waals surface area contributed by atoms with Crippen LogP contribution < -0.4 is 15.6 Å². The van der Waals surface area contributed by atoms with Gasteiger partial charge in [0.2, 0.25) is 5.91 Å². The number of aromatic nitrogens is 2. The Kier molecular flexibility index (Phi) is 4.76. The lowest BCUT2D eigenvalue weighted by atomic mass is 10.1. The predicted molar refractivity (Wildman–Crippen MR) is 84.3 cm³/mol. The third kappa shape index (κ3) is 3.37. The van der Waals surface area contributed by atoms with Crippen molar-refractivity contribution in [3.05, 3.63) is 51.4 Å². The average Bonchev–Trinajstić information content (AvgIpc) is 2.53. The van der Waals surface area contributed by atoms with E-state index in [1.807, 2.05) is 6.07 Å². The fraction of sp³-hybridized carbons (Fsp3) is 0.250. The van der Waals surface area contributed by atoms with Gasteiger partial charge in [0.25, 0.3) is 5.56 Å². The number of amides is 1. The second-order valence-electron chi connectivity index (χ2n) is 4.91. The number of nitrogens with one attached hydrogen (secondary N) is 1. The molecule has 1 heterocycles. The molecular weight excluding hydrogens is 296 g/mol. The van der Waals surface area contributed by atoms with Gasteiger partial charge in [-0.15, -0.1) is 0 Å². The first-order valence-corrected chi connectivity index (χ1v) is 6.89. The van der Waals surface area contributed by atoms with Gasteiger partial charge in [0.1, 0.15) is 23.9 Å². The van der Waals surface area contributed by atoms with Gasteiger partial charge in [-0.05, 0) is 31.5 Å². The molecular formula is C16H16N4O3. The zero-order chi connectivity index (χ0) is 17.0. The van der Waals surface area contributed by atoms with Crippen molar-refractivity contribution in [3.8, 4) is 11.8 Å². The van der Waals surface area contributed by atoms with Crippen LogP contribution in [0, 0.1) is 25.2 Å². The number of nitrogens with zero attached hydrogens (tertiary/aromatic N) is 3. The Labute approximate surface area is 133 Å². The largest absolute Gasteiger partial charge is 0.495 e. The first-order chi connectivity index (χ1) is 11.0. The fourth-order valence-corrected chi connectivity index (χ4v) is 2.08. The Morgan fingerprint density at radius 1 is 1.39 bits per heavy atom. The SMILES string of the molecule is COc1ccccc1NC(=O)Cn1nc(C)c(C)c(C#N)c1=O. The van der Waals surface area contributed by atoms with Crippen LogP contribution in [-0.2, 0) is 11.3 Å². The number of hydrogen-bond donors (Lipinski definition) is 1. The van der Waals surface area contributed by atoms with Gasteiger partial charge < -0.3 is 10.1 Å². The minimum absolute atomic E-state index is 0.00240. The number of ether oxygens (including phenoxy) is 1. The van der Waals surface area contributed by atoms with Crippen molar-refractivity contribution in [2.45, 2.75) is 20.4 Å². The quantitative estimate of drug-likeness (QED) is 0.920. The highest BCUT2D eigenvalue weighted by atomic mass is 16.5. The normalized spacial score (nSPS) is 10.0. The Bertz CT molecular complexity index is 849. The van der Waals surface area contributed by atoms with Crippen LogP contribution >= 0.6 is 0 Å². The number of rotatable bonds is 4. The Morgan fingerprint density at radius 2 is 2.09 bits per heavy atom. The molecule has 0 fully saturated rings. The second kappa shape index (κ2) is 6.75. The topological polar surface area (TPSA) is 97.0 Å². The minimum atomic E-state index is -0.578. The lowest BCUT2D eigenvalue weighted by Crippen LogP contribution is -2.32. The molecule has 0 bridgehead atoms. The summed E-state index contributed by atoms with van der Waals surface area (Å²) in [5, 5.41) is 15.8. The zero-order valence-electron chi connectivity index (χ0n) is 13.1. The number of carbonyl (C=O) groups is 1. The van der Waals surface area contributed by atoms with Gasteiger partial charge in [0.15, 0.2) is 0 Å². The summed E-state index contributed by atoms with van der Waals surface area (Å²) in [6.07, 6.45) is 0. The standard InChI is InChI=1S/C16H16N4O3/c1-10-11(2)19-20(16(22)12(10)8-17)9-15(21)18-13-6-4-5-7-14(13)23-3/h4-7H,9H2,1-3H3,(H,18,21). The van der Waals surface area contributed by atoms with Crippen LogP contribution in [0.4, 0.5) is 5.69 Å². The minimum Gasteiger partial charge on any atom is -0.495 e. The summed E-state index contributed by atoms with van der Waals surface area (Å²) in [6.45, 7) is 3.05. The van der Waals surface area contributed by atoms with Gasteiger partial charge in [-0.2, -0.15) is 10.4 Å². The monoisotopic (exact) mass is 312 g/mol. The Hall–Kier alpha value is -3.14. The van der Waals surface area contributed by atoms with Crippen molar-refractivity contribution in [3.63, 3.8) is 0 Å². The van der Waals surface area contributed by atoms with Crippen LogP contribution in [0.15, 0.2) is 29.1 Å². The molecule has 0 aliphatic heterocycles. The van der Waals surface area contributed by atoms with Gasteiger partial charge >= 0.3 is 0 Å². The summed E-state index contributed by atoms with van der Waals surface area (Å²) in [7, 11) is 1.50. The first-order valence-electron chi connectivity index (χ1n) is 6.89. The number of nitriles is 1. The average molecular weight is 312 g/mol. The van der Waals surface area contributed by atoms with E-state index in [4.69, 9.17) is 10.00 Å². The van der Waals surface area contributed by atoms with Gasteiger partial charge in [0, 0.05) is 0 Å². The van der Waals surface area contributed by atoms with E-state index in [0.29, 0.717) is 22.7 Å². The molecule has 2 rings (SSSR count). The maximum atomic E-state index is 12.2. The van der Waals surface area contributed by atoms with E-state index >= 15 is 0 Å². The van der Waals surface area contributed by atoms with Gasteiger partial charge in [0.05, 0.1) is 18.5 Å². The van der Waals surface area contributed by atoms with E-state index in [1.54, 1.807) is 38.1 Å². The number of para-hydroxylation sites is 2. The number of anilines is 1. The van der Waals surface area contributed by atoms with Crippen LogP contribution in [0.1, 0.15) is 16.8 Å². The van der Waals surface area contributed by atoms with Crippen LogP contribution in [0.3, 0.4) is 0 Å². The number of benzene rings is 1. The molecule has 0 radical (unpaired) electrons. The van der Waals surface area contributed by atoms with Crippen molar-refractivity contribution >= 4 is 11.6 Å². The molecule has 1 N–H and O–H groups in total. The third-order valence-electron chi connectivity index (χ3n) is 3.42. The second-order valence-corrected chi connectivity index (χ2v) is 4.91. The molecule has 118 valence electrons. The molecule has 0 saturated carbocycles. The zero-order valence-corrected chi connectivity index (χ0v) is 13.1. The third-order valence-corrected chi connectivity index (χ3v) is 3.42. The molecule has 23 heavy (non-hydrogen) atoms. The molecule has 0 saturated heterocycles. The van der Waals surface area contributed by atoms with Crippen LogP contribution in [0.25, 0.3) is 0 Å². The summed E-state index contributed by atoms with van der Waals surface area (Å²) in [4.78, 5) is 24.3. The van der Waals surface area contributed by atoms with E-state index in [2.05, 4.69) is 10.4 Å². The highest BCUT2D eigenvalue weighted by molar-refractivity contribution is 5.92. The summed E-state index contributed by atoms with van der Waals surface area (Å²) >= 11 is 0. The summed E-state index contributed by atoms with van der Waals surface area (Å²) in [5.41, 5.74) is 0.982. The van der Waals surface area contributed by atoms with Crippen molar-refractivity contribution in [1.82, 2.24) is 9.78 Å². The van der Waals surface area contributed by atoms with Gasteiger partial charge in [-0.3, -0.25) is 9.59 Å². The van der Waals surface area contributed by atoms with E-state index in [0.717, 1.165) is 4.68 Å². The van der Waals surface area contributed by atoms with Crippen LogP contribution in [0.2, 0.25) is 0 Å². The molecule has 0 aliphatic carbocycles. The summed E-state index contributed by atoms with van der Waals surface area (Å²) < 4.78 is 6.14. The molecule has 0 aliphatic rings. The number of methoxy groups -OCH3 is 1. The summed E-state index contributed by atoms with van der Waals surface area (Å²) in [5.74, 6) is 0.0789. The Balaban J connectivity index is 2.27. The Morgan fingerprint density at radius 3 is 2.74 bits per heavy atom. The molecule has 1 aromatic carbocycles. The maximum absolute atomic E-state index is 12.2. The van der Waals surface area contributed by atoms with E-state index < -0.39 is 11.5 Å². The molecule has 1 aromatic heterocycles. The summed E-state index contributed by atoms with van der Waals surface area (Å²) in [6, 6.07) is 8.80. The number of carbonyl (C=O) groups excluding carboxylic acids is 1. The molecule has 7 heteroatoms.